The van der Waals surface area contributed by atoms with Crippen molar-refractivity contribution in [3.8, 4) is 0 Å². The van der Waals surface area contributed by atoms with E-state index < -0.39 is 0 Å². The van der Waals surface area contributed by atoms with Crippen LogP contribution in [-0.2, 0) is 4.79 Å². The number of halogens is 2. The van der Waals surface area contributed by atoms with Gasteiger partial charge in [0.1, 0.15) is 0 Å². The summed E-state index contributed by atoms with van der Waals surface area (Å²) in [6, 6.07) is 4.83. The average Bonchev–Trinajstić information content (AvgIpc) is 2.44. The zero-order valence-electron chi connectivity index (χ0n) is 12.1. The summed E-state index contributed by atoms with van der Waals surface area (Å²) in [6.07, 6.45) is 1.38. The van der Waals surface area contributed by atoms with E-state index in [1.807, 2.05) is 0 Å². The van der Waals surface area contributed by atoms with E-state index in [0.29, 0.717) is 41.5 Å². The maximum atomic E-state index is 12.4. The molecule has 1 aromatic rings. The maximum absolute atomic E-state index is 12.4. The van der Waals surface area contributed by atoms with Crippen LogP contribution in [0.4, 0.5) is 0 Å². The molecule has 0 spiro atoms. The monoisotopic (exact) mass is 328 g/mol. The molecule has 1 fully saturated rings. The molecule has 2 rings (SSSR count). The maximum Gasteiger partial charge on any atom is 0.253 e. The summed E-state index contributed by atoms with van der Waals surface area (Å²) >= 11 is 11.9. The smallest absolute Gasteiger partial charge is 0.253 e. The predicted octanol–water partition coefficient (Wildman–Crippen LogP) is 2.93. The second kappa shape index (κ2) is 6.67. The minimum Gasteiger partial charge on any atom is -0.349 e. The number of hydrogen-bond acceptors (Lipinski definition) is 2. The van der Waals surface area contributed by atoms with Gasteiger partial charge in [0.25, 0.3) is 5.91 Å². The first-order valence-corrected chi connectivity index (χ1v) is 7.60. The third-order valence-corrected chi connectivity index (χ3v) is 4.12. The topological polar surface area (TPSA) is 40.6 Å². The zero-order chi connectivity index (χ0) is 15.6. The van der Waals surface area contributed by atoms with Crippen molar-refractivity contribution >= 4 is 35.0 Å². The van der Waals surface area contributed by atoms with Crippen molar-refractivity contribution in [2.75, 3.05) is 27.2 Å². The van der Waals surface area contributed by atoms with Gasteiger partial charge in [-0.15, -0.1) is 0 Å². The molecule has 0 saturated carbocycles. The van der Waals surface area contributed by atoms with Crippen molar-refractivity contribution in [1.82, 2.24) is 9.80 Å². The van der Waals surface area contributed by atoms with Crippen molar-refractivity contribution in [3.63, 3.8) is 0 Å². The standard InChI is InChI=1S/C15H18Cl2N2O2/c1-18(2)14(20)10-3-5-19(6-4-10)15(21)11-7-12(16)9-13(17)8-11/h7-10H,3-6H2,1-2H3. The average molecular weight is 329 g/mol. The van der Waals surface area contributed by atoms with E-state index in [1.165, 1.54) is 0 Å². The Hall–Kier alpha value is -1.26. The van der Waals surface area contributed by atoms with Gasteiger partial charge >= 0.3 is 0 Å². The molecule has 0 N–H and O–H groups in total. The molecule has 0 aliphatic carbocycles. The minimum atomic E-state index is -0.0878. The third kappa shape index (κ3) is 3.89. The summed E-state index contributed by atoms with van der Waals surface area (Å²) in [5, 5.41) is 0.895. The first-order chi connectivity index (χ1) is 9.88. The molecule has 6 heteroatoms. The number of nitrogens with zero attached hydrogens (tertiary/aromatic N) is 2. The Balaban J connectivity index is 2.02. The van der Waals surface area contributed by atoms with Gasteiger partial charge in [0.2, 0.25) is 5.91 Å². The lowest BCUT2D eigenvalue weighted by atomic mass is 9.95. The number of carbonyl (C=O) groups is 2. The molecular weight excluding hydrogens is 311 g/mol. The normalized spacial score (nSPS) is 15.9. The third-order valence-electron chi connectivity index (χ3n) is 3.68. The second-order valence-corrected chi connectivity index (χ2v) is 6.33. The van der Waals surface area contributed by atoms with Crippen LogP contribution in [0.1, 0.15) is 23.2 Å². The molecule has 2 amide bonds. The van der Waals surface area contributed by atoms with Crippen molar-refractivity contribution in [3.05, 3.63) is 33.8 Å². The lowest BCUT2D eigenvalue weighted by Crippen LogP contribution is -2.42. The van der Waals surface area contributed by atoms with Gasteiger partial charge in [0, 0.05) is 48.7 Å². The highest BCUT2D eigenvalue weighted by Crippen LogP contribution is 2.23. The molecule has 21 heavy (non-hydrogen) atoms. The summed E-state index contributed by atoms with van der Waals surface area (Å²) in [7, 11) is 3.52. The summed E-state index contributed by atoms with van der Waals surface area (Å²) in [5.74, 6) is 0.0510. The molecule has 1 aliphatic rings. The fourth-order valence-corrected chi connectivity index (χ4v) is 3.08. The number of carbonyl (C=O) groups excluding carboxylic acids is 2. The van der Waals surface area contributed by atoms with Crippen molar-refractivity contribution in [2.45, 2.75) is 12.8 Å². The summed E-state index contributed by atoms with van der Waals surface area (Å²) in [5.41, 5.74) is 0.491. The quantitative estimate of drug-likeness (QED) is 0.837. The highest BCUT2D eigenvalue weighted by Gasteiger charge is 2.28. The lowest BCUT2D eigenvalue weighted by Gasteiger charge is -2.32. The van der Waals surface area contributed by atoms with Crippen LogP contribution >= 0.6 is 23.2 Å². The molecule has 0 atom stereocenters. The fraction of sp³-hybridized carbons (Fsp3) is 0.467. The Morgan fingerprint density at radius 2 is 1.62 bits per heavy atom. The van der Waals surface area contributed by atoms with Gasteiger partial charge in [-0.1, -0.05) is 23.2 Å². The zero-order valence-corrected chi connectivity index (χ0v) is 13.6. The van der Waals surface area contributed by atoms with E-state index >= 15 is 0 Å². The van der Waals surface area contributed by atoms with Crippen LogP contribution in [0, 0.1) is 5.92 Å². The van der Waals surface area contributed by atoms with Crippen LogP contribution in [0.3, 0.4) is 0 Å². The molecule has 0 unspecified atom stereocenters. The van der Waals surface area contributed by atoms with E-state index in [9.17, 15) is 9.59 Å². The molecule has 1 aromatic carbocycles. The Kier molecular flexibility index (Phi) is 5.12. The molecule has 4 nitrogen and oxygen atoms in total. The Morgan fingerprint density at radius 1 is 1.10 bits per heavy atom. The van der Waals surface area contributed by atoms with E-state index in [0.717, 1.165) is 0 Å². The van der Waals surface area contributed by atoms with Crippen molar-refractivity contribution < 1.29 is 9.59 Å². The van der Waals surface area contributed by atoms with Crippen molar-refractivity contribution in [1.29, 1.82) is 0 Å². The number of hydrogen-bond donors (Lipinski definition) is 0. The van der Waals surface area contributed by atoms with Crippen LogP contribution in [-0.4, -0.2) is 48.8 Å². The number of piperidine rings is 1. The minimum absolute atomic E-state index is 0.00648. The van der Waals surface area contributed by atoms with E-state index in [1.54, 1.807) is 42.1 Å². The van der Waals surface area contributed by atoms with Crippen LogP contribution in [0.15, 0.2) is 18.2 Å². The largest absolute Gasteiger partial charge is 0.349 e. The fourth-order valence-electron chi connectivity index (χ4n) is 2.55. The molecule has 0 aromatic heterocycles. The summed E-state index contributed by atoms with van der Waals surface area (Å²) in [4.78, 5) is 27.7. The second-order valence-electron chi connectivity index (χ2n) is 5.46. The van der Waals surface area contributed by atoms with E-state index in [-0.39, 0.29) is 17.7 Å². The van der Waals surface area contributed by atoms with Gasteiger partial charge in [-0.2, -0.15) is 0 Å². The van der Waals surface area contributed by atoms with Gasteiger partial charge in [-0.25, -0.2) is 0 Å². The molecule has 1 saturated heterocycles. The predicted molar refractivity (Wildman–Crippen MR) is 83.8 cm³/mol. The molecule has 0 bridgehead atoms. The van der Waals surface area contributed by atoms with Crippen LogP contribution in [0.5, 0.6) is 0 Å². The van der Waals surface area contributed by atoms with E-state index in [4.69, 9.17) is 23.2 Å². The van der Waals surface area contributed by atoms with Gasteiger partial charge in [0.05, 0.1) is 0 Å². The molecular formula is C15H18Cl2N2O2. The molecule has 114 valence electrons. The first kappa shape index (κ1) is 16.1. The lowest BCUT2D eigenvalue weighted by molar-refractivity contribution is -0.134. The van der Waals surface area contributed by atoms with Crippen LogP contribution in [0.25, 0.3) is 0 Å². The highest BCUT2D eigenvalue weighted by atomic mass is 35.5. The molecule has 1 aliphatic heterocycles. The van der Waals surface area contributed by atoms with Crippen LogP contribution < -0.4 is 0 Å². The Bertz CT molecular complexity index is 532. The highest BCUT2D eigenvalue weighted by molar-refractivity contribution is 6.35. The Morgan fingerprint density at radius 3 is 2.10 bits per heavy atom. The van der Waals surface area contributed by atoms with Gasteiger partial charge < -0.3 is 9.80 Å². The number of rotatable bonds is 2. The number of benzene rings is 1. The number of likely N-dealkylation sites (tertiary alicyclic amines) is 1. The molecule has 1 heterocycles. The Labute approximate surface area is 134 Å². The van der Waals surface area contributed by atoms with Gasteiger partial charge in [-0.3, -0.25) is 9.59 Å². The SMILES string of the molecule is CN(C)C(=O)C1CCN(C(=O)c2cc(Cl)cc(Cl)c2)CC1. The molecule has 0 radical (unpaired) electrons. The van der Waals surface area contributed by atoms with Gasteiger partial charge in [0.15, 0.2) is 0 Å². The van der Waals surface area contributed by atoms with Crippen LogP contribution in [0.2, 0.25) is 10.0 Å². The summed E-state index contributed by atoms with van der Waals surface area (Å²) in [6.45, 7) is 1.15. The van der Waals surface area contributed by atoms with Gasteiger partial charge in [-0.05, 0) is 31.0 Å². The van der Waals surface area contributed by atoms with E-state index in [2.05, 4.69) is 0 Å². The first-order valence-electron chi connectivity index (χ1n) is 6.85. The van der Waals surface area contributed by atoms with Crippen molar-refractivity contribution in [2.24, 2.45) is 5.92 Å². The number of amides is 2. The summed E-state index contributed by atoms with van der Waals surface area (Å²) < 4.78 is 0.